The maximum absolute atomic E-state index is 4.95. The number of fused-ring (bicyclic) bond motifs is 5. The summed E-state index contributed by atoms with van der Waals surface area (Å²) in [6.07, 6.45) is 6.96. The molecule has 0 bridgehead atoms. The minimum Gasteiger partial charge on any atom is -0.248 e. The number of aromatic nitrogens is 4. The molecule has 0 aliphatic heterocycles. The highest BCUT2D eigenvalue weighted by molar-refractivity contribution is 7.99. The van der Waals surface area contributed by atoms with Gasteiger partial charge in [-0.2, -0.15) is 0 Å². The van der Waals surface area contributed by atoms with Gasteiger partial charge in [-0.15, -0.1) is 21.5 Å². The van der Waals surface area contributed by atoms with Crippen LogP contribution in [0.3, 0.4) is 0 Å². The number of aryl methyl sites for hydroxylation is 1. The minimum absolute atomic E-state index is 0.599. The molecule has 0 spiro atoms. The van der Waals surface area contributed by atoms with Crippen LogP contribution in [0.15, 0.2) is 10.3 Å². The average Bonchev–Trinajstić information content (AvgIpc) is 3.13. The van der Waals surface area contributed by atoms with Crippen molar-refractivity contribution in [3.8, 4) is 0 Å². The molecule has 1 aliphatic carbocycles. The Morgan fingerprint density at radius 1 is 1.30 bits per heavy atom. The smallest absolute Gasteiger partial charge is 0.197 e. The second kappa shape index (κ2) is 6.26. The van der Waals surface area contributed by atoms with Gasteiger partial charge in [-0.25, -0.2) is 9.38 Å². The van der Waals surface area contributed by atoms with Crippen LogP contribution in [0, 0.1) is 0 Å². The number of hydrogen-bond acceptors (Lipinski definition) is 6. The zero-order valence-corrected chi connectivity index (χ0v) is 16.1. The summed E-state index contributed by atoms with van der Waals surface area (Å²) < 4.78 is 2.17. The third kappa shape index (κ3) is 2.48. The zero-order valence-electron chi connectivity index (χ0n) is 13.6. The van der Waals surface area contributed by atoms with Crippen LogP contribution in [0.5, 0.6) is 0 Å². The van der Waals surface area contributed by atoms with E-state index in [0.29, 0.717) is 5.92 Å². The van der Waals surface area contributed by atoms with Gasteiger partial charge in [-0.3, -0.25) is 0 Å². The van der Waals surface area contributed by atoms with Crippen LogP contribution >= 0.6 is 34.9 Å². The van der Waals surface area contributed by atoms with Crippen LogP contribution in [0.25, 0.3) is 15.9 Å². The predicted octanol–water partition coefficient (Wildman–Crippen LogP) is 5.00. The van der Waals surface area contributed by atoms with Crippen molar-refractivity contribution < 1.29 is 0 Å². The van der Waals surface area contributed by atoms with Crippen molar-refractivity contribution in [3.05, 3.63) is 10.4 Å². The molecule has 122 valence electrons. The maximum Gasteiger partial charge on any atom is 0.197 e. The summed E-state index contributed by atoms with van der Waals surface area (Å²) in [5.41, 5.74) is 2.49. The van der Waals surface area contributed by atoms with Crippen molar-refractivity contribution >= 4 is 50.7 Å². The van der Waals surface area contributed by atoms with Crippen molar-refractivity contribution in [2.45, 2.75) is 55.8 Å². The fourth-order valence-corrected chi connectivity index (χ4v) is 6.13. The van der Waals surface area contributed by atoms with Gasteiger partial charge in [0, 0.05) is 10.6 Å². The molecule has 0 aromatic carbocycles. The van der Waals surface area contributed by atoms with Crippen molar-refractivity contribution in [1.29, 1.82) is 0 Å². The molecule has 1 unspecified atom stereocenters. The third-order valence-electron chi connectivity index (χ3n) is 4.40. The van der Waals surface area contributed by atoms with E-state index >= 15 is 0 Å². The molecule has 3 aromatic rings. The lowest BCUT2D eigenvalue weighted by Crippen LogP contribution is -2.04. The molecule has 1 atom stereocenters. The van der Waals surface area contributed by atoms with Crippen LogP contribution in [0.2, 0.25) is 0 Å². The standard InChI is InChI=1S/C16H20N4S3/c1-4-8-22-16-19-18-13-12-11-9(2)6-5-7-10(11)23-14(12)17-15(21-3)20(13)16/h9H,4-8H2,1-3H3. The molecule has 3 heterocycles. The highest BCUT2D eigenvalue weighted by atomic mass is 32.2. The second-order valence-electron chi connectivity index (χ2n) is 6.00. The molecule has 23 heavy (non-hydrogen) atoms. The molecule has 0 saturated carbocycles. The molecular weight excluding hydrogens is 344 g/mol. The number of thioether (sulfide) groups is 2. The molecule has 0 N–H and O–H groups in total. The first kappa shape index (κ1) is 15.7. The minimum atomic E-state index is 0.599. The van der Waals surface area contributed by atoms with E-state index in [9.17, 15) is 0 Å². The first-order chi connectivity index (χ1) is 11.2. The van der Waals surface area contributed by atoms with Crippen molar-refractivity contribution in [2.75, 3.05) is 12.0 Å². The van der Waals surface area contributed by atoms with Gasteiger partial charge < -0.3 is 0 Å². The zero-order chi connectivity index (χ0) is 16.0. The maximum atomic E-state index is 4.95. The lowest BCUT2D eigenvalue weighted by molar-refractivity contribution is 0.602. The Balaban J connectivity index is 2.03. The van der Waals surface area contributed by atoms with Crippen molar-refractivity contribution in [1.82, 2.24) is 19.6 Å². The summed E-state index contributed by atoms with van der Waals surface area (Å²) in [5, 5.41) is 12.3. The van der Waals surface area contributed by atoms with Crippen LogP contribution in [0.1, 0.15) is 49.5 Å². The first-order valence-corrected chi connectivity index (χ1v) is 11.1. The summed E-state index contributed by atoms with van der Waals surface area (Å²) in [7, 11) is 0. The fraction of sp³-hybridized carbons (Fsp3) is 0.562. The van der Waals surface area contributed by atoms with Crippen molar-refractivity contribution in [2.24, 2.45) is 0 Å². The SMILES string of the molecule is CCCSc1nnc2c3c4c(sc3nc(SC)n12)CCCC4C. The van der Waals surface area contributed by atoms with Gasteiger partial charge in [-0.1, -0.05) is 37.4 Å². The summed E-state index contributed by atoms with van der Waals surface area (Å²) >= 11 is 5.31. The van der Waals surface area contributed by atoms with Crippen LogP contribution in [-0.2, 0) is 6.42 Å². The lowest BCUT2D eigenvalue weighted by atomic mass is 9.87. The Bertz CT molecular complexity index is 867. The number of rotatable bonds is 4. The second-order valence-corrected chi connectivity index (χ2v) is 8.92. The molecular formula is C16H20N4S3. The summed E-state index contributed by atoms with van der Waals surface area (Å²) in [4.78, 5) is 7.60. The quantitative estimate of drug-likeness (QED) is 0.481. The lowest BCUT2D eigenvalue weighted by Gasteiger charge is -2.18. The van der Waals surface area contributed by atoms with Gasteiger partial charge in [0.1, 0.15) is 4.83 Å². The van der Waals surface area contributed by atoms with E-state index < -0.39 is 0 Å². The van der Waals surface area contributed by atoms with E-state index in [4.69, 9.17) is 4.98 Å². The van der Waals surface area contributed by atoms with Gasteiger partial charge in [0.15, 0.2) is 16.0 Å². The van der Waals surface area contributed by atoms with E-state index in [-0.39, 0.29) is 0 Å². The summed E-state index contributed by atoms with van der Waals surface area (Å²) in [6.45, 7) is 4.53. The van der Waals surface area contributed by atoms with E-state index in [2.05, 4.69) is 34.7 Å². The Kier molecular flexibility index (Phi) is 4.28. The molecule has 1 aliphatic rings. The highest BCUT2D eigenvalue weighted by Crippen LogP contribution is 2.43. The molecule has 4 nitrogen and oxygen atoms in total. The molecule has 7 heteroatoms. The summed E-state index contributed by atoms with van der Waals surface area (Å²) in [5.74, 6) is 1.66. The van der Waals surface area contributed by atoms with E-state index in [1.165, 1.54) is 35.1 Å². The van der Waals surface area contributed by atoms with Gasteiger partial charge in [0.05, 0.1) is 5.39 Å². The average molecular weight is 365 g/mol. The number of thiophene rings is 1. The van der Waals surface area contributed by atoms with Gasteiger partial charge in [0.25, 0.3) is 0 Å². The fourth-order valence-electron chi connectivity index (χ4n) is 3.36. The molecule has 0 amide bonds. The Labute approximate surface area is 148 Å². The highest BCUT2D eigenvalue weighted by Gasteiger charge is 2.26. The first-order valence-electron chi connectivity index (χ1n) is 8.11. The third-order valence-corrected chi connectivity index (χ3v) is 7.33. The molecule has 3 aromatic heterocycles. The molecule has 0 fully saturated rings. The number of hydrogen-bond donors (Lipinski definition) is 0. The van der Waals surface area contributed by atoms with Crippen LogP contribution < -0.4 is 0 Å². The van der Waals surface area contributed by atoms with Gasteiger partial charge >= 0.3 is 0 Å². The van der Waals surface area contributed by atoms with Crippen molar-refractivity contribution in [3.63, 3.8) is 0 Å². The summed E-state index contributed by atoms with van der Waals surface area (Å²) in [6, 6.07) is 0. The van der Waals surface area contributed by atoms with E-state index in [0.717, 1.165) is 33.0 Å². The monoisotopic (exact) mass is 364 g/mol. The van der Waals surface area contributed by atoms with Crippen LogP contribution in [0.4, 0.5) is 0 Å². The molecule has 0 saturated heterocycles. The van der Waals surface area contributed by atoms with Gasteiger partial charge in [0.2, 0.25) is 0 Å². The van der Waals surface area contributed by atoms with Gasteiger partial charge in [-0.05, 0) is 43.4 Å². The predicted molar refractivity (Wildman–Crippen MR) is 100 cm³/mol. The van der Waals surface area contributed by atoms with E-state index in [1.807, 2.05) is 11.3 Å². The Morgan fingerprint density at radius 3 is 2.96 bits per heavy atom. The Morgan fingerprint density at radius 2 is 2.17 bits per heavy atom. The largest absolute Gasteiger partial charge is 0.248 e. The molecule has 4 rings (SSSR count). The topological polar surface area (TPSA) is 43.1 Å². The number of nitrogens with zero attached hydrogens (tertiary/aromatic N) is 4. The normalized spacial score (nSPS) is 18.0. The van der Waals surface area contributed by atoms with Crippen LogP contribution in [-0.4, -0.2) is 31.6 Å². The Hall–Kier alpha value is -0.790. The van der Waals surface area contributed by atoms with E-state index in [1.54, 1.807) is 23.5 Å². The molecule has 0 radical (unpaired) electrons.